The van der Waals surface area contributed by atoms with E-state index < -0.39 is 0 Å². The molecule has 0 fully saturated rings. The molecule has 1 aromatic rings. The summed E-state index contributed by atoms with van der Waals surface area (Å²) < 4.78 is 0. The standard InChI is InChI=1S/C11H17BrN2OS/c1-3-4-9-5-10(15)14-11(13-9)16-7-8(2)6-12/h5,8H,3-4,6-7H2,1-2H3,(H,13,14,15). The molecule has 1 rings (SSSR count). The van der Waals surface area contributed by atoms with Crippen LogP contribution in [0.3, 0.4) is 0 Å². The number of aryl methyl sites for hydroxylation is 1. The van der Waals surface area contributed by atoms with Gasteiger partial charge in [-0.2, -0.15) is 0 Å². The van der Waals surface area contributed by atoms with Crippen LogP contribution in [0.4, 0.5) is 0 Å². The zero-order chi connectivity index (χ0) is 12.0. The van der Waals surface area contributed by atoms with Crippen LogP contribution in [0.25, 0.3) is 0 Å². The highest BCUT2D eigenvalue weighted by molar-refractivity contribution is 9.09. The number of rotatable bonds is 6. The topological polar surface area (TPSA) is 45.8 Å². The molecule has 1 atom stereocenters. The molecule has 1 heterocycles. The summed E-state index contributed by atoms with van der Waals surface area (Å²) in [6, 6.07) is 1.58. The van der Waals surface area contributed by atoms with E-state index in [1.54, 1.807) is 17.8 Å². The van der Waals surface area contributed by atoms with Gasteiger partial charge in [0.1, 0.15) is 0 Å². The van der Waals surface area contributed by atoms with Crippen LogP contribution in [0.2, 0.25) is 0 Å². The van der Waals surface area contributed by atoms with Crippen molar-refractivity contribution in [2.45, 2.75) is 31.8 Å². The lowest BCUT2D eigenvalue weighted by molar-refractivity contribution is 0.763. The van der Waals surface area contributed by atoms with E-state index in [1.165, 1.54) is 0 Å². The van der Waals surface area contributed by atoms with E-state index in [9.17, 15) is 4.79 Å². The maximum Gasteiger partial charge on any atom is 0.251 e. The highest BCUT2D eigenvalue weighted by Crippen LogP contribution is 2.17. The summed E-state index contributed by atoms with van der Waals surface area (Å²) in [5.41, 5.74) is 0.840. The summed E-state index contributed by atoms with van der Waals surface area (Å²) >= 11 is 5.05. The van der Waals surface area contributed by atoms with Crippen molar-refractivity contribution in [2.75, 3.05) is 11.1 Å². The second kappa shape index (κ2) is 7.12. The molecule has 0 aliphatic heterocycles. The van der Waals surface area contributed by atoms with Crippen molar-refractivity contribution in [3.8, 4) is 0 Å². The van der Waals surface area contributed by atoms with Gasteiger partial charge in [-0.25, -0.2) is 4.98 Å². The van der Waals surface area contributed by atoms with Crippen LogP contribution >= 0.6 is 27.7 Å². The number of halogens is 1. The summed E-state index contributed by atoms with van der Waals surface area (Å²) in [5.74, 6) is 1.54. The van der Waals surface area contributed by atoms with E-state index in [0.717, 1.165) is 34.8 Å². The fraction of sp³-hybridized carbons (Fsp3) is 0.636. The van der Waals surface area contributed by atoms with Gasteiger partial charge in [-0.3, -0.25) is 4.79 Å². The molecule has 3 nitrogen and oxygen atoms in total. The Balaban J connectivity index is 2.68. The van der Waals surface area contributed by atoms with Gasteiger partial charge in [0.15, 0.2) is 5.16 Å². The fourth-order valence-corrected chi connectivity index (χ4v) is 2.65. The highest BCUT2D eigenvalue weighted by atomic mass is 79.9. The second-order valence-corrected chi connectivity index (χ2v) is 5.52. The lowest BCUT2D eigenvalue weighted by Crippen LogP contribution is -2.11. The Hall–Kier alpha value is -0.290. The normalized spacial score (nSPS) is 12.7. The zero-order valence-corrected chi connectivity index (χ0v) is 12.0. The number of alkyl halides is 1. The van der Waals surface area contributed by atoms with Gasteiger partial charge >= 0.3 is 0 Å². The fourth-order valence-electron chi connectivity index (χ4n) is 1.20. The lowest BCUT2D eigenvalue weighted by Gasteiger charge is -2.06. The molecule has 0 spiro atoms. The molecule has 0 radical (unpaired) electrons. The number of H-pyrrole nitrogens is 1. The van der Waals surface area contributed by atoms with Crippen LogP contribution in [0.15, 0.2) is 16.0 Å². The summed E-state index contributed by atoms with van der Waals surface area (Å²) in [5, 5.41) is 1.71. The number of aromatic nitrogens is 2. The Bertz CT molecular complexity index is 380. The molecule has 16 heavy (non-hydrogen) atoms. The van der Waals surface area contributed by atoms with Crippen LogP contribution in [0.5, 0.6) is 0 Å². The average molecular weight is 305 g/mol. The summed E-state index contributed by atoms with van der Waals surface area (Å²) in [4.78, 5) is 18.6. The maximum atomic E-state index is 11.4. The zero-order valence-electron chi connectivity index (χ0n) is 9.62. The number of hydrogen-bond acceptors (Lipinski definition) is 3. The second-order valence-electron chi connectivity index (χ2n) is 3.86. The van der Waals surface area contributed by atoms with E-state index in [1.807, 2.05) is 0 Å². The molecule has 1 unspecified atom stereocenters. The Morgan fingerprint density at radius 2 is 2.38 bits per heavy atom. The third-order valence-corrected chi connectivity index (χ3v) is 4.35. The Morgan fingerprint density at radius 1 is 1.62 bits per heavy atom. The quantitative estimate of drug-likeness (QED) is 0.499. The smallest absolute Gasteiger partial charge is 0.251 e. The maximum absolute atomic E-state index is 11.4. The van der Waals surface area contributed by atoms with Crippen LogP contribution in [-0.2, 0) is 6.42 Å². The van der Waals surface area contributed by atoms with Crippen molar-refractivity contribution in [2.24, 2.45) is 5.92 Å². The largest absolute Gasteiger partial charge is 0.301 e. The Labute approximate surface area is 109 Å². The first-order valence-corrected chi connectivity index (χ1v) is 7.55. The van der Waals surface area contributed by atoms with Crippen LogP contribution in [0, 0.1) is 5.92 Å². The highest BCUT2D eigenvalue weighted by Gasteiger charge is 2.05. The van der Waals surface area contributed by atoms with Gasteiger partial charge in [-0.05, 0) is 12.3 Å². The van der Waals surface area contributed by atoms with Gasteiger partial charge in [0.25, 0.3) is 5.56 Å². The van der Waals surface area contributed by atoms with Crippen LogP contribution in [-0.4, -0.2) is 21.1 Å². The number of aromatic amines is 1. The molecular formula is C11H17BrN2OS. The molecule has 5 heteroatoms. The Morgan fingerprint density at radius 3 is 3.00 bits per heavy atom. The number of nitrogens with one attached hydrogen (secondary N) is 1. The first-order valence-electron chi connectivity index (χ1n) is 5.44. The first-order chi connectivity index (χ1) is 7.65. The van der Waals surface area contributed by atoms with Crippen molar-refractivity contribution < 1.29 is 0 Å². The molecule has 0 bridgehead atoms. The molecule has 1 aromatic heterocycles. The average Bonchev–Trinajstić information content (AvgIpc) is 2.25. The van der Waals surface area contributed by atoms with Gasteiger partial charge in [0.2, 0.25) is 0 Å². The van der Waals surface area contributed by atoms with E-state index in [2.05, 4.69) is 39.7 Å². The van der Waals surface area contributed by atoms with Gasteiger partial charge in [-0.1, -0.05) is 48.0 Å². The van der Waals surface area contributed by atoms with E-state index in [-0.39, 0.29) is 5.56 Å². The van der Waals surface area contributed by atoms with Gasteiger partial charge in [0, 0.05) is 22.8 Å². The van der Waals surface area contributed by atoms with Crippen molar-refractivity contribution in [1.82, 2.24) is 9.97 Å². The van der Waals surface area contributed by atoms with Gasteiger partial charge in [-0.15, -0.1) is 0 Å². The third-order valence-electron chi connectivity index (χ3n) is 2.05. The minimum atomic E-state index is -0.0487. The summed E-state index contributed by atoms with van der Waals surface area (Å²) in [6.07, 6.45) is 1.88. The predicted octanol–water partition coefficient (Wildman–Crippen LogP) is 2.85. The monoisotopic (exact) mass is 304 g/mol. The molecule has 0 saturated carbocycles. The minimum Gasteiger partial charge on any atom is -0.301 e. The first kappa shape index (κ1) is 13.8. The molecule has 1 N–H and O–H groups in total. The van der Waals surface area contributed by atoms with Gasteiger partial charge < -0.3 is 4.98 Å². The van der Waals surface area contributed by atoms with Crippen molar-refractivity contribution in [1.29, 1.82) is 0 Å². The van der Waals surface area contributed by atoms with E-state index in [0.29, 0.717) is 5.92 Å². The summed E-state index contributed by atoms with van der Waals surface area (Å²) in [6.45, 7) is 4.25. The minimum absolute atomic E-state index is 0.0487. The summed E-state index contributed by atoms with van der Waals surface area (Å²) in [7, 11) is 0. The Kier molecular flexibility index (Phi) is 6.13. The number of nitrogens with zero attached hydrogens (tertiary/aromatic N) is 1. The van der Waals surface area contributed by atoms with Crippen LogP contribution in [0.1, 0.15) is 26.0 Å². The van der Waals surface area contributed by atoms with Crippen molar-refractivity contribution in [3.63, 3.8) is 0 Å². The molecule has 0 amide bonds. The number of hydrogen-bond donors (Lipinski definition) is 1. The van der Waals surface area contributed by atoms with Gasteiger partial charge in [0.05, 0.1) is 0 Å². The van der Waals surface area contributed by atoms with E-state index >= 15 is 0 Å². The molecule has 0 saturated heterocycles. The molecule has 0 aliphatic carbocycles. The number of thioether (sulfide) groups is 1. The molecular weight excluding hydrogens is 288 g/mol. The lowest BCUT2D eigenvalue weighted by atomic mass is 10.2. The molecule has 0 aliphatic rings. The van der Waals surface area contributed by atoms with Crippen LogP contribution < -0.4 is 5.56 Å². The molecule has 0 aromatic carbocycles. The van der Waals surface area contributed by atoms with Crippen molar-refractivity contribution >= 4 is 27.7 Å². The molecule has 90 valence electrons. The predicted molar refractivity (Wildman–Crippen MR) is 72.5 cm³/mol. The van der Waals surface area contributed by atoms with Crippen molar-refractivity contribution in [3.05, 3.63) is 22.1 Å². The third kappa shape index (κ3) is 4.70. The van der Waals surface area contributed by atoms with E-state index in [4.69, 9.17) is 0 Å². The SMILES string of the molecule is CCCc1cc(=O)[nH]c(SCC(C)CBr)n1.